The molecule has 1 atom stereocenters. The van der Waals surface area contributed by atoms with Crippen molar-refractivity contribution in [2.24, 2.45) is 0 Å². The van der Waals surface area contributed by atoms with Gasteiger partial charge in [-0.1, -0.05) is 178 Å². The van der Waals surface area contributed by atoms with E-state index in [4.69, 9.17) is 0 Å². The van der Waals surface area contributed by atoms with Gasteiger partial charge in [0.05, 0.1) is 5.41 Å². The number of rotatable bonds is 7. The first-order chi connectivity index (χ1) is 34.0. The zero-order chi connectivity index (χ0) is 45.8. The van der Waals surface area contributed by atoms with Crippen LogP contribution in [0, 0.1) is 0 Å². The third-order valence-corrected chi connectivity index (χ3v) is 16.5. The molecule has 3 aliphatic rings. The molecule has 1 spiro atoms. The monoisotopic (exact) mass is 898 g/mol. The molecule has 10 aromatic carbocycles. The normalized spacial score (nSPS) is 15.3. The molecule has 0 radical (unpaired) electrons. The summed E-state index contributed by atoms with van der Waals surface area (Å²) in [7, 11) is 0. The molecule has 1 unspecified atom stereocenters. The molecule has 0 amide bonds. The smallest absolute Gasteiger partial charge is 0.0741 e. The van der Waals surface area contributed by atoms with Crippen LogP contribution in [-0.2, 0) is 10.8 Å². The Morgan fingerprint density at radius 2 is 0.739 bits per heavy atom. The van der Waals surface area contributed by atoms with Crippen molar-refractivity contribution in [2.45, 2.75) is 24.7 Å². The lowest BCUT2D eigenvalue weighted by Gasteiger charge is -2.33. The zero-order valence-electron chi connectivity index (χ0n) is 38.4. The summed E-state index contributed by atoms with van der Waals surface area (Å²) in [5, 5.41) is 1.32. The molecule has 0 N–H and O–H groups in total. The van der Waals surface area contributed by atoms with Crippen LogP contribution >= 0.6 is 11.3 Å². The fraction of sp³-hybridized carbons (Fsp3) is 0.0606. The van der Waals surface area contributed by atoms with Crippen molar-refractivity contribution < 1.29 is 0 Å². The molecule has 0 saturated heterocycles. The molecule has 14 rings (SSSR count). The van der Waals surface area contributed by atoms with Gasteiger partial charge in [-0.15, -0.1) is 11.3 Å². The molecule has 326 valence electrons. The van der Waals surface area contributed by atoms with Crippen molar-refractivity contribution >= 4 is 55.5 Å². The number of fused-ring (bicyclic) bond motifs is 15. The average molecular weight is 899 g/mol. The van der Waals surface area contributed by atoms with Gasteiger partial charge in [0, 0.05) is 49.1 Å². The second-order valence-corrected chi connectivity index (χ2v) is 20.3. The highest BCUT2D eigenvalue weighted by Gasteiger charge is 2.54. The number of hydrogen-bond acceptors (Lipinski definition) is 3. The van der Waals surface area contributed by atoms with Gasteiger partial charge in [-0.05, 0) is 157 Å². The molecule has 11 aromatic rings. The minimum absolute atomic E-state index is 0.148. The second-order valence-electron chi connectivity index (χ2n) is 19.2. The van der Waals surface area contributed by atoms with E-state index in [2.05, 4.69) is 266 Å². The largest absolute Gasteiger partial charge is 0.310 e. The van der Waals surface area contributed by atoms with Crippen LogP contribution in [0.4, 0.5) is 34.1 Å². The highest BCUT2D eigenvalue weighted by Crippen LogP contribution is 2.67. The van der Waals surface area contributed by atoms with Gasteiger partial charge in [-0.3, -0.25) is 0 Å². The zero-order valence-corrected chi connectivity index (χ0v) is 39.2. The first-order valence-corrected chi connectivity index (χ1v) is 24.8. The maximum atomic E-state index is 2.54. The van der Waals surface area contributed by atoms with E-state index in [-0.39, 0.29) is 5.41 Å². The summed E-state index contributed by atoms with van der Waals surface area (Å²) >= 11 is 1.93. The molecular formula is C66H46N2S. The van der Waals surface area contributed by atoms with Crippen molar-refractivity contribution in [1.82, 2.24) is 0 Å². The highest BCUT2D eigenvalue weighted by atomic mass is 32.1. The van der Waals surface area contributed by atoms with Crippen molar-refractivity contribution in [2.75, 3.05) is 9.80 Å². The first kappa shape index (κ1) is 39.9. The third kappa shape index (κ3) is 5.78. The predicted molar refractivity (Wildman–Crippen MR) is 290 cm³/mol. The number of thiophene rings is 1. The molecule has 0 aliphatic heterocycles. The summed E-state index contributed by atoms with van der Waals surface area (Å²) in [4.78, 5) is 6.26. The van der Waals surface area contributed by atoms with E-state index >= 15 is 0 Å². The molecule has 1 heterocycles. The summed E-state index contributed by atoms with van der Waals surface area (Å²) in [6.45, 7) is 4.75. The lowest BCUT2D eigenvalue weighted by Crippen LogP contribution is -2.26. The number of anilines is 6. The van der Waals surface area contributed by atoms with Gasteiger partial charge in [0.2, 0.25) is 0 Å². The summed E-state index contributed by atoms with van der Waals surface area (Å²) in [5.74, 6) is 0. The van der Waals surface area contributed by atoms with Gasteiger partial charge in [-0.25, -0.2) is 0 Å². The topological polar surface area (TPSA) is 6.48 Å². The summed E-state index contributed by atoms with van der Waals surface area (Å²) < 4.78 is 1.32. The Morgan fingerprint density at radius 1 is 0.319 bits per heavy atom. The molecular weight excluding hydrogens is 853 g/mol. The molecule has 0 saturated carbocycles. The number of nitrogens with zero attached hydrogens (tertiary/aromatic N) is 2. The van der Waals surface area contributed by atoms with Gasteiger partial charge in [0.1, 0.15) is 0 Å². The van der Waals surface area contributed by atoms with E-state index in [9.17, 15) is 0 Å². The Balaban J connectivity index is 1.03. The van der Waals surface area contributed by atoms with Crippen LogP contribution in [-0.4, -0.2) is 0 Å². The highest BCUT2D eigenvalue weighted by molar-refractivity contribution is 7.22. The van der Waals surface area contributed by atoms with Crippen LogP contribution < -0.4 is 9.80 Å². The summed E-state index contributed by atoms with van der Waals surface area (Å²) in [6, 6.07) is 90.4. The van der Waals surface area contributed by atoms with E-state index in [0.29, 0.717) is 0 Å². The SMILES string of the molecule is CC1(C)c2ccccc2-c2ccc(N(c3ccc(-c4ccccc4)cc3)c3ccc4c(c3)C3(c5ccccc5-c5ccc(N(c6ccccc6)c6ccccc6)cc53)c3c-4sc4ccccc34)cc21. The van der Waals surface area contributed by atoms with Gasteiger partial charge in [0.15, 0.2) is 0 Å². The van der Waals surface area contributed by atoms with Gasteiger partial charge in [0.25, 0.3) is 0 Å². The Bertz CT molecular complexity index is 3770. The minimum atomic E-state index is -0.592. The molecule has 0 bridgehead atoms. The quantitative estimate of drug-likeness (QED) is 0.157. The standard InChI is InChI=1S/C66H46N2S/c1-65(2)57-27-15-12-24-51(57)53-37-34-48(40-59(53)65)68(47-32-30-44(31-33-47)43-18-6-3-7-19-43)50-36-39-55-61(42-50)66(63-56-26-14-17-29-62(56)69-64(55)63)58-28-16-13-25-52(58)54-38-35-49(41-60(54)66)67(45-20-8-4-9-21-45)46-22-10-5-11-23-46/h3-42H,1-2H3. The predicted octanol–water partition coefficient (Wildman–Crippen LogP) is 18.2. The van der Waals surface area contributed by atoms with E-state index in [1.165, 1.54) is 87.3 Å². The van der Waals surface area contributed by atoms with E-state index in [0.717, 1.165) is 34.1 Å². The Hall–Kier alpha value is -8.24. The van der Waals surface area contributed by atoms with Crippen LogP contribution in [0.15, 0.2) is 243 Å². The molecule has 1 aromatic heterocycles. The molecule has 0 fully saturated rings. The van der Waals surface area contributed by atoms with E-state index in [1.807, 2.05) is 11.3 Å². The third-order valence-electron chi connectivity index (χ3n) is 15.3. The summed E-state index contributed by atoms with van der Waals surface area (Å²) in [6.07, 6.45) is 0. The first-order valence-electron chi connectivity index (χ1n) is 24.0. The van der Waals surface area contributed by atoms with Crippen molar-refractivity contribution in [3.05, 3.63) is 276 Å². The number of para-hydroxylation sites is 2. The number of benzene rings is 10. The Kier molecular flexibility index (Phi) is 8.75. The maximum absolute atomic E-state index is 2.54. The molecule has 3 aliphatic carbocycles. The van der Waals surface area contributed by atoms with Crippen LogP contribution in [0.2, 0.25) is 0 Å². The average Bonchev–Trinajstić information content (AvgIpc) is 4.09. The Morgan fingerprint density at radius 3 is 1.39 bits per heavy atom. The second kappa shape index (κ2) is 15.1. The number of hydrogen-bond donors (Lipinski definition) is 0. The van der Waals surface area contributed by atoms with Crippen LogP contribution in [0.25, 0.3) is 53.9 Å². The van der Waals surface area contributed by atoms with E-state index in [1.54, 1.807) is 0 Å². The van der Waals surface area contributed by atoms with Gasteiger partial charge in [-0.2, -0.15) is 0 Å². The van der Waals surface area contributed by atoms with Crippen molar-refractivity contribution in [3.8, 4) is 43.8 Å². The summed E-state index contributed by atoms with van der Waals surface area (Å²) in [5.41, 5.74) is 23.0. The van der Waals surface area contributed by atoms with Crippen LogP contribution in [0.5, 0.6) is 0 Å². The molecule has 2 nitrogen and oxygen atoms in total. The van der Waals surface area contributed by atoms with Gasteiger partial charge < -0.3 is 9.80 Å². The molecule has 69 heavy (non-hydrogen) atoms. The van der Waals surface area contributed by atoms with Crippen molar-refractivity contribution in [1.29, 1.82) is 0 Å². The Labute approximate surface area is 407 Å². The minimum Gasteiger partial charge on any atom is -0.310 e. The van der Waals surface area contributed by atoms with E-state index < -0.39 is 5.41 Å². The van der Waals surface area contributed by atoms with Gasteiger partial charge >= 0.3 is 0 Å². The fourth-order valence-corrected chi connectivity index (χ4v) is 13.5. The van der Waals surface area contributed by atoms with Crippen LogP contribution in [0.3, 0.4) is 0 Å². The van der Waals surface area contributed by atoms with Crippen LogP contribution in [0.1, 0.15) is 47.2 Å². The fourth-order valence-electron chi connectivity index (χ4n) is 12.2. The van der Waals surface area contributed by atoms with Crippen molar-refractivity contribution in [3.63, 3.8) is 0 Å². The lowest BCUT2D eigenvalue weighted by atomic mass is 9.70. The molecule has 3 heteroatoms. The lowest BCUT2D eigenvalue weighted by molar-refractivity contribution is 0.660. The maximum Gasteiger partial charge on any atom is 0.0741 e.